The lowest BCUT2D eigenvalue weighted by atomic mass is 9.91. The number of piperazine rings is 1. The minimum absolute atomic E-state index is 0.367. The van der Waals surface area contributed by atoms with Crippen LogP contribution in [0.1, 0.15) is 31.2 Å². The number of anilines is 1. The van der Waals surface area contributed by atoms with Gasteiger partial charge in [-0.2, -0.15) is 0 Å². The van der Waals surface area contributed by atoms with E-state index in [1.54, 1.807) is 0 Å². The molecule has 5 heterocycles. The molecule has 3 saturated heterocycles. The molecule has 6 rings (SSSR count). The molecule has 8 heteroatoms. The van der Waals surface area contributed by atoms with Crippen molar-refractivity contribution in [2.75, 3.05) is 50.8 Å². The molecule has 3 aromatic rings. The molecule has 3 aliphatic heterocycles. The summed E-state index contributed by atoms with van der Waals surface area (Å²) < 4.78 is 17.3. The molecule has 1 N–H and O–H groups in total. The van der Waals surface area contributed by atoms with E-state index in [1.165, 1.54) is 24.8 Å². The zero-order chi connectivity index (χ0) is 23.5. The van der Waals surface area contributed by atoms with Crippen molar-refractivity contribution < 1.29 is 14.0 Å². The van der Waals surface area contributed by atoms with Gasteiger partial charge < -0.3 is 24.2 Å². The Morgan fingerprint density at radius 2 is 2.03 bits per heavy atom. The Morgan fingerprint density at radius 1 is 1.06 bits per heavy atom. The van der Waals surface area contributed by atoms with Crippen LogP contribution in [0.25, 0.3) is 11.0 Å². The van der Waals surface area contributed by atoms with Crippen molar-refractivity contribution in [3.8, 4) is 5.88 Å². The van der Waals surface area contributed by atoms with Crippen LogP contribution in [0.5, 0.6) is 5.88 Å². The number of hydrogen-bond donors (Lipinski definition) is 1. The molecule has 3 aliphatic rings. The lowest BCUT2D eigenvalue weighted by Gasteiger charge is -2.46. The quantitative estimate of drug-likeness (QED) is 0.529. The van der Waals surface area contributed by atoms with Crippen molar-refractivity contribution in [2.24, 2.45) is 5.92 Å². The molecule has 2 aromatic heterocycles. The second-order valence-electron chi connectivity index (χ2n) is 10.1. The number of piperidine rings is 1. The molecule has 8 nitrogen and oxygen atoms in total. The molecule has 0 aliphatic carbocycles. The third kappa shape index (κ3) is 5.29. The molecule has 3 atom stereocenters. The van der Waals surface area contributed by atoms with Gasteiger partial charge in [-0.3, -0.25) is 4.90 Å². The van der Waals surface area contributed by atoms with Gasteiger partial charge in [-0.05, 0) is 43.4 Å². The van der Waals surface area contributed by atoms with Crippen LogP contribution >= 0.6 is 0 Å². The number of rotatable bonds is 8. The van der Waals surface area contributed by atoms with Crippen molar-refractivity contribution >= 4 is 16.8 Å². The summed E-state index contributed by atoms with van der Waals surface area (Å²) in [4.78, 5) is 9.55. The fourth-order valence-electron chi connectivity index (χ4n) is 5.67. The summed E-state index contributed by atoms with van der Waals surface area (Å²) in [5.41, 5.74) is 2.04. The number of pyridine rings is 1. The molecule has 0 bridgehead atoms. The largest absolute Gasteiger partial charge is 0.477 e. The van der Waals surface area contributed by atoms with E-state index in [1.807, 2.05) is 24.4 Å². The van der Waals surface area contributed by atoms with Gasteiger partial charge in [-0.1, -0.05) is 23.4 Å². The molecule has 3 fully saturated rings. The van der Waals surface area contributed by atoms with E-state index >= 15 is 0 Å². The lowest BCUT2D eigenvalue weighted by Crippen LogP contribution is -2.57. The van der Waals surface area contributed by atoms with Crippen molar-refractivity contribution in [1.82, 2.24) is 20.4 Å². The maximum absolute atomic E-state index is 6.08. The van der Waals surface area contributed by atoms with E-state index in [0.717, 1.165) is 81.6 Å². The second kappa shape index (κ2) is 10.5. The average Bonchev–Trinajstić information content (AvgIpc) is 3.58. The summed E-state index contributed by atoms with van der Waals surface area (Å²) in [5, 5.41) is 8.95. The van der Waals surface area contributed by atoms with Crippen LogP contribution < -0.4 is 15.0 Å². The summed E-state index contributed by atoms with van der Waals surface area (Å²) in [7, 11) is 0. The summed E-state index contributed by atoms with van der Waals surface area (Å²) in [5.74, 6) is 2.25. The van der Waals surface area contributed by atoms with Gasteiger partial charge in [0.2, 0.25) is 5.88 Å². The summed E-state index contributed by atoms with van der Waals surface area (Å²) in [6.07, 6.45) is 6.99. The summed E-state index contributed by atoms with van der Waals surface area (Å²) in [6.45, 7) is 7.47. The van der Waals surface area contributed by atoms with Crippen molar-refractivity contribution in [2.45, 2.75) is 44.4 Å². The summed E-state index contributed by atoms with van der Waals surface area (Å²) >= 11 is 0. The van der Waals surface area contributed by atoms with Crippen molar-refractivity contribution in [3.05, 3.63) is 48.2 Å². The highest BCUT2D eigenvalue weighted by Gasteiger charge is 2.34. The van der Waals surface area contributed by atoms with Gasteiger partial charge in [0.25, 0.3) is 0 Å². The maximum Gasteiger partial charge on any atom is 0.213 e. The molecule has 35 heavy (non-hydrogen) atoms. The Hall–Kier alpha value is -2.68. The highest BCUT2D eigenvalue weighted by Crippen LogP contribution is 2.31. The Balaban J connectivity index is 0.952. The number of nitrogens with zero attached hydrogens (tertiary/aromatic N) is 4. The van der Waals surface area contributed by atoms with E-state index in [-0.39, 0.29) is 0 Å². The summed E-state index contributed by atoms with van der Waals surface area (Å²) in [6, 6.07) is 12.8. The van der Waals surface area contributed by atoms with Crippen molar-refractivity contribution in [1.29, 1.82) is 0 Å². The topological polar surface area (TPSA) is 75.9 Å². The molecule has 0 saturated carbocycles. The van der Waals surface area contributed by atoms with Gasteiger partial charge in [0.15, 0.2) is 11.4 Å². The van der Waals surface area contributed by atoms with Crippen LogP contribution in [0, 0.1) is 5.92 Å². The number of benzene rings is 1. The Morgan fingerprint density at radius 3 is 2.91 bits per heavy atom. The molecule has 0 radical (unpaired) electrons. The van der Waals surface area contributed by atoms with Gasteiger partial charge in [0.1, 0.15) is 0 Å². The SMILES string of the molecule is c1ccc2c(N3CCN4CC(COc5ccc(CNCC6CCCO6)cn5)CCC4C3)noc2c1. The van der Waals surface area contributed by atoms with Gasteiger partial charge >= 0.3 is 0 Å². The van der Waals surface area contributed by atoms with Crippen molar-refractivity contribution in [3.63, 3.8) is 0 Å². The molecule has 186 valence electrons. The molecule has 3 unspecified atom stereocenters. The number of para-hydroxylation sites is 1. The fraction of sp³-hybridized carbons (Fsp3) is 0.556. The Bertz CT molecular complexity index is 1100. The standard InChI is InChI=1S/C27H35N5O3/c1-2-6-25-24(5-1)27(30-35-25)32-12-11-31-17-21(7-9-22(31)18-32)19-34-26-10-8-20(15-29-26)14-28-16-23-4-3-13-33-23/h1-2,5-6,8,10,15,21-23,28H,3-4,7,9,11-14,16-19H2. The second-order valence-corrected chi connectivity index (χ2v) is 10.1. The molecule has 0 amide bonds. The van der Waals surface area contributed by atoms with Gasteiger partial charge in [-0.15, -0.1) is 0 Å². The molecular weight excluding hydrogens is 442 g/mol. The van der Waals surface area contributed by atoms with Gasteiger partial charge in [-0.25, -0.2) is 4.98 Å². The number of fused-ring (bicyclic) bond motifs is 2. The minimum Gasteiger partial charge on any atom is -0.477 e. The molecule has 1 aromatic carbocycles. The third-order valence-corrected chi connectivity index (χ3v) is 7.65. The van der Waals surface area contributed by atoms with E-state index in [2.05, 4.69) is 43.5 Å². The average molecular weight is 478 g/mol. The highest BCUT2D eigenvalue weighted by atomic mass is 16.5. The third-order valence-electron chi connectivity index (χ3n) is 7.65. The maximum atomic E-state index is 6.08. The normalized spacial score (nSPS) is 25.1. The smallest absolute Gasteiger partial charge is 0.213 e. The number of nitrogens with one attached hydrogen (secondary N) is 1. The first-order chi connectivity index (χ1) is 17.3. The first-order valence-electron chi connectivity index (χ1n) is 13.1. The number of ether oxygens (including phenoxy) is 2. The van der Waals surface area contributed by atoms with E-state index in [9.17, 15) is 0 Å². The van der Waals surface area contributed by atoms with Crippen LogP contribution in [-0.4, -0.2) is 73.1 Å². The van der Waals surface area contributed by atoms with Gasteiger partial charge in [0, 0.05) is 70.1 Å². The molecular formula is C27H35N5O3. The van der Waals surface area contributed by atoms with Crippen LogP contribution in [0.4, 0.5) is 5.82 Å². The Labute approximate surface area is 206 Å². The van der Waals surface area contributed by atoms with E-state index < -0.39 is 0 Å². The van der Waals surface area contributed by atoms with Crippen LogP contribution in [-0.2, 0) is 11.3 Å². The molecule has 0 spiro atoms. The van der Waals surface area contributed by atoms with E-state index in [0.29, 0.717) is 18.1 Å². The number of aromatic nitrogens is 2. The zero-order valence-electron chi connectivity index (χ0n) is 20.3. The Kier molecular flexibility index (Phi) is 6.84. The van der Waals surface area contributed by atoms with Gasteiger partial charge in [0.05, 0.1) is 18.1 Å². The monoisotopic (exact) mass is 477 g/mol. The zero-order valence-corrected chi connectivity index (χ0v) is 20.3. The van der Waals surface area contributed by atoms with Crippen LogP contribution in [0.15, 0.2) is 47.1 Å². The predicted molar refractivity (Wildman–Crippen MR) is 135 cm³/mol. The lowest BCUT2D eigenvalue weighted by molar-refractivity contribution is 0.0716. The first kappa shape index (κ1) is 22.8. The van der Waals surface area contributed by atoms with Crippen LogP contribution in [0.3, 0.4) is 0 Å². The first-order valence-corrected chi connectivity index (χ1v) is 13.1. The fourth-order valence-corrected chi connectivity index (χ4v) is 5.67. The predicted octanol–water partition coefficient (Wildman–Crippen LogP) is 3.47. The van der Waals surface area contributed by atoms with E-state index in [4.69, 9.17) is 14.0 Å². The van der Waals surface area contributed by atoms with Crippen LogP contribution in [0.2, 0.25) is 0 Å². The highest BCUT2D eigenvalue weighted by molar-refractivity contribution is 5.88. The minimum atomic E-state index is 0.367. The number of hydrogen-bond acceptors (Lipinski definition) is 8.